The van der Waals surface area contributed by atoms with E-state index in [4.69, 9.17) is 0 Å². The lowest BCUT2D eigenvalue weighted by molar-refractivity contribution is -0.141. The molecule has 0 bridgehead atoms. The van der Waals surface area contributed by atoms with Gasteiger partial charge in [0.05, 0.1) is 5.25 Å². The number of alkyl halides is 3. The summed E-state index contributed by atoms with van der Waals surface area (Å²) >= 11 is 0.773. The van der Waals surface area contributed by atoms with E-state index in [-0.39, 0.29) is 10.9 Å². The van der Waals surface area contributed by atoms with Gasteiger partial charge in [-0.05, 0) is 13.0 Å². The fourth-order valence-corrected chi connectivity index (χ4v) is 3.23. The van der Waals surface area contributed by atoms with Crippen molar-refractivity contribution in [2.24, 2.45) is 0 Å². The molecule has 2 aromatic heterocycles. The molecule has 2 N–H and O–H groups in total. The molecule has 1 unspecified atom stereocenters. The summed E-state index contributed by atoms with van der Waals surface area (Å²) in [6.45, 7) is 1.55. The number of hydrogen-bond donors (Lipinski definition) is 2. The number of ketones is 1. The summed E-state index contributed by atoms with van der Waals surface area (Å²) in [4.78, 5) is 32.6. The molecule has 0 spiro atoms. The number of benzene rings is 1. The molecule has 0 amide bonds. The number of fused-ring (bicyclic) bond motifs is 1. The first-order chi connectivity index (χ1) is 11.8. The average molecular weight is 367 g/mol. The van der Waals surface area contributed by atoms with E-state index in [0.717, 1.165) is 22.7 Å². The number of Topliss-reactive ketones (excluding diaryl/α,β-unsaturated/α-hetero) is 1. The summed E-state index contributed by atoms with van der Waals surface area (Å²) in [5.41, 5.74) is -0.986. The van der Waals surface area contributed by atoms with Crippen molar-refractivity contribution < 1.29 is 18.0 Å². The van der Waals surface area contributed by atoms with Crippen molar-refractivity contribution >= 4 is 28.4 Å². The molecule has 5 nitrogen and oxygen atoms in total. The number of thioether (sulfide) groups is 1. The lowest BCUT2D eigenvalue weighted by Crippen LogP contribution is -2.19. The summed E-state index contributed by atoms with van der Waals surface area (Å²) in [6.07, 6.45) is -3.17. The minimum Gasteiger partial charge on any atom is -0.360 e. The second-order valence-corrected chi connectivity index (χ2v) is 6.64. The number of carbonyl (C=O) groups excluding carboxylic acids is 1. The maximum Gasteiger partial charge on any atom is 0.433 e. The highest BCUT2D eigenvalue weighted by Crippen LogP contribution is 2.30. The quantitative estimate of drug-likeness (QED) is 0.419. The zero-order chi connectivity index (χ0) is 18.2. The van der Waals surface area contributed by atoms with E-state index < -0.39 is 22.7 Å². The Bertz CT molecular complexity index is 994. The van der Waals surface area contributed by atoms with E-state index in [1.165, 1.54) is 0 Å². The van der Waals surface area contributed by atoms with Gasteiger partial charge in [0.1, 0.15) is 0 Å². The summed E-state index contributed by atoms with van der Waals surface area (Å²) in [5.74, 6) is -0.275. The van der Waals surface area contributed by atoms with Crippen LogP contribution in [0.25, 0.3) is 10.9 Å². The van der Waals surface area contributed by atoms with E-state index in [9.17, 15) is 22.8 Å². The first kappa shape index (κ1) is 17.3. The molecule has 130 valence electrons. The molecule has 1 atom stereocenters. The third-order valence-electron chi connectivity index (χ3n) is 3.52. The zero-order valence-corrected chi connectivity index (χ0v) is 13.7. The Morgan fingerprint density at radius 3 is 2.72 bits per heavy atom. The summed E-state index contributed by atoms with van der Waals surface area (Å²) in [5, 5.41) is -0.253. The summed E-state index contributed by atoms with van der Waals surface area (Å²) in [6, 6.07) is 7.59. The minimum absolute atomic E-state index is 0.250. The van der Waals surface area contributed by atoms with Gasteiger partial charge in [0.2, 0.25) is 0 Å². The van der Waals surface area contributed by atoms with Crippen LogP contribution in [0, 0.1) is 0 Å². The number of nitrogens with one attached hydrogen (secondary N) is 2. The summed E-state index contributed by atoms with van der Waals surface area (Å²) in [7, 11) is 0. The van der Waals surface area contributed by atoms with Gasteiger partial charge < -0.3 is 9.97 Å². The number of para-hydroxylation sites is 1. The highest BCUT2D eigenvalue weighted by molar-refractivity contribution is 8.00. The van der Waals surface area contributed by atoms with Crippen LogP contribution in [0.1, 0.15) is 23.0 Å². The molecule has 3 rings (SSSR count). The van der Waals surface area contributed by atoms with Gasteiger partial charge in [-0.1, -0.05) is 30.0 Å². The van der Waals surface area contributed by atoms with Gasteiger partial charge >= 0.3 is 6.18 Å². The number of carbonyl (C=O) groups is 1. The number of hydrogen-bond acceptors (Lipinski definition) is 4. The van der Waals surface area contributed by atoms with Gasteiger partial charge in [0.25, 0.3) is 5.56 Å². The van der Waals surface area contributed by atoms with Gasteiger partial charge in [-0.3, -0.25) is 9.59 Å². The van der Waals surface area contributed by atoms with Crippen LogP contribution in [-0.4, -0.2) is 26.0 Å². The molecule has 2 heterocycles. The van der Waals surface area contributed by atoms with Gasteiger partial charge in [-0.2, -0.15) is 13.2 Å². The second-order valence-electron chi connectivity index (χ2n) is 5.31. The largest absolute Gasteiger partial charge is 0.433 e. The molecule has 3 aromatic rings. The third kappa shape index (κ3) is 3.60. The molecule has 0 aliphatic rings. The summed E-state index contributed by atoms with van der Waals surface area (Å²) < 4.78 is 38.2. The van der Waals surface area contributed by atoms with Crippen LogP contribution < -0.4 is 5.56 Å². The lowest BCUT2D eigenvalue weighted by atomic mass is 10.1. The van der Waals surface area contributed by atoms with E-state index in [0.29, 0.717) is 11.6 Å². The highest BCUT2D eigenvalue weighted by atomic mass is 32.2. The van der Waals surface area contributed by atoms with Crippen LogP contribution in [-0.2, 0) is 6.18 Å². The van der Waals surface area contributed by atoms with Gasteiger partial charge in [0.15, 0.2) is 16.6 Å². The van der Waals surface area contributed by atoms with Crippen LogP contribution in [0.2, 0.25) is 0 Å². The van der Waals surface area contributed by atoms with Crippen LogP contribution in [0.4, 0.5) is 13.2 Å². The first-order valence-electron chi connectivity index (χ1n) is 7.21. The van der Waals surface area contributed by atoms with E-state index >= 15 is 0 Å². The fourth-order valence-electron chi connectivity index (χ4n) is 2.35. The Morgan fingerprint density at radius 2 is 2.00 bits per heavy atom. The molecular weight excluding hydrogens is 355 g/mol. The second kappa shape index (κ2) is 6.40. The third-order valence-corrected chi connectivity index (χ3v) is 4.51. The Labute approximate surface area is 143 Å². The van der Waals surface area contributed by atoms with Crippen LogP contribution in [0.15, 0.2) is 46.5 Å². The normalized spacial score (nSPS) is 13.1. The Balaban J connectivity index is 1.87. The Hall–Kier alpha value is -2.55. The van der Waals surface area contributed by atoms with Crippen molar-refractivity contribution in [2.45, 2.75) is 23.5 Å². The maximum absolute atomic E-state index is 12.7. The Kier molecular flexibility index (Phi) is 4.42. The number of halogens is 3. The molecule has 25 heavy (non-hydrogen) atoms. The van der Waals surface area contributed by atoms with Crippen molar-refractivity contribution in [1.29, 1.82) is 0 Å². The molecule has 1 aromatic carbocycles. The van der Waals surface area contributed by atoms with Crippen LogP contribution in [0.3, 0.4) is 0 Å². The SMILES string of the molecule is CC(Sc1nc(C(F)(F)F)cc(=O)[nH]1)C(=O)c1c[nH]c2ccccc12. The first-order valence-corrected chi connectivity index (χ1v) is 8.09. The minimum atomic E-state index is -4.73. The predicted octanol–water partition coefficient (Wildman–Crippen LogP) is 3.63. The van der Waals surface area contributed by atoms with Crippen molar-refractivity contribution in [1.82, 2.24) is 15.0 Å². The Morgan fingerprint density at radius 1 is 1.28 bits per heavy atom. The topological polar surface area (TPSA) is 78.6 Å². The molecular formula is C16H12F3N3O2S. The van der Waals surface area contributed by atoms with Crippen molar-refractivity contribution in [3.8, 4) is 0 Å². The fraction of sp³-hybridized carbons (Fsp3) is 0.188. The lowest BCUT2D eigenvalue weighted by Gasteiger charge is -2.11. The highest BCUT2D eigenvalue weighted by Gasteiger charge is 2.34. The molecule has 0 saturated carbocycles. The number of aromatic nitrogens is 3. The molecule has 0 aliphatic carbocycles. The predicted molar refractivity (Wildman–Crippen MR) is 87.8 cm³/mol. The number of nitrogens with zero attached hydrogens (tertiary/aromatic N) is 1. The van der Waals surface area contributed by atoms with E-state index in [1.807, 2.05) is 12.1 Å². The standard InChI is InChI=1S/C16H12F3N3O2S/c1-8(14(24)10-7-20-11-5-3-2-4-9(10)11)25-15-21-12(16(17,18)19)6-13(23)22-15/h2-8,20H,1H3,(H,21,22,23). The van der Waals surface area contributed by atoms with E-state index in [2.05, 4.69) is 15.0 Å². The van der Waals surface area contributed by atoms with Gasteiger partial charge in [-0.25, -0.2) is 4.98 Å². The van der Waals surface area contributed by atoms with E-state index in [1.54, 1.807) is 25.3 Å². The molecule has 0 aliphatic heterocycles. The van der Waals surface area contributed by atoms with Crippen LogP contribution in [0.5, 0.6) is 0 Å². The van der Waals surface area contributed by atoms with Gasteiger partial charge in [-0.15, -0.1) is 0 Å². The molecule has 0 fully saturated rings. The number of H-pyrrole nitrogens is 2. The maximum atomic E-state index is 12.7. The van der Waals surface area contributed by atoms with Crippen LogP contribution >= 0.6 is 11.8 Å². The average Bonchev–Trinajstić information content (AvgIpc) is 2.96. The number of rotatable bonds is 4. The van der Waals surface area contributed by atoms with Crippen molar-refractivity contribution in [3.05, 3.63) is 58.1 Å². The monoisotopic (exact) mass is 367 g/mol. The number of aromatic amines is 2. The van der Waals surface area contributed by atoms with Gasteiger partial charge in [0, 0.05) is 28.7 Å². The zero-order valence-electron chi connectivity index (χ0n) is 12.8. The molecule has 0 radical (unpaired) electrons. The van der Waals surface area contributed by atoms with Crippen molar-refractivity contribution in [3.63, 3.8) is 0 Å². The smallest absolute Gasteiger partial charge is 0.360 e. The van der Waals surface area contributed by atoms with Crippen molar-refractivity contribution in [2.75, 3.05) is 0 Å². The molecule has 9 heteroatoms. The molecule has 0 saturated heterocycles.